The molecule has 286 valence electrons. The van der Waals surface area contributed by atoms with Gasteiger partial charge in [-0.1, -0.05) is 108 Å². The number of hydrogen-bond acceptors (Lipinski definition) is 7. The molecule has 9 heteroatoms. The molecule has 0 bridgehead atoms. The SMILES string of the molecule is CCCCCCCCCCCCCCC(C)(C)C(=O)OCCC1CCN(CCCN2c3ccccc3Sc3cc(S(=O)(=O)N(C)C)ccc32)CC1. The lowest BCUT2D eigenvalue weighted by molar-refractivity contribution is -0.154. The number of likely N-dealkylation sites (tertiary alicyclic amines) is 1. The van der Waals surface area contributed by atoms with E-state index in [0.717, 1.165) is 80.2 Å². The molecule has 2 aliphatic rings. The van der Waals surface area contributed by atoms with Gasteiger partial charge in [-0.3, -0.25) is 4.79 Å². The van der Waals surface area contributed by atoms with Crippen molar-refractivity contribution in [3.63, 3.8) is 0 Å². The average Bonchev–Trinajstić information content (AvgIpc) is 3.12. The van der Waals surface area contributed by atoms with Gasteiger partial charge in [0, 0.05) is 30.4 Å². The lowest BCUT2D eigenvalue weighted by Crippen LogP contribution is -2.36. The van der Waals surface area contributed by atoms with Crippen LogP contribution in [0.25, 0.3) is 0 Å². The van der Waals surface area contributed by atoms with Gasteiger partial charge < -0.3 is 14.5 Å². The van der Waals surface area contributed by atoms with Crippen LogP contribution in [-0.2, 0) is 19.6 Å². The first-order valence-corrected chi connectivity index (χ1v) is 22.3. The summed E-state index contributed by atoms with van der Waals surface area (Å²) in [7, 11) is -0.353. The minimum absolute atomic E-state index is 0.0298. The van der Waals surface area contributed by atoms with Crippen LogP contribution in [0.1, 0.15) is 130 Å². The van der Waals surface area contributed by atoms with Gasteiger partial charge in [0.25, 0.3) is 0 Å². The number of ether oxygens (including phenoxy) is 1. The molecule has 51 heavy (non-hydrogen) atoms. The van der Waals surface area contributed by atoms with Gasteiger partial charge in [-0.15, -0.1) is 0 Å². The van der Waals surface area contributed by atoms with Crippen LogP contribution in [0, 0.1) is 11.3 Å². The molecular formula is C42H67N3O4S2. The standard InChI is InChI=1S/C42H67N3O4S2/c1-6-7-8-9-10-11-12-13-14-15-16-19-28-42(2,3)41(46)49-33-27-35-25-31-44(32-26-35)29-20-30-45-37-21-17-18-22-39(37)50-40-34-36(23-24-38(40)45)51(47,48)43(4)5/h17-18,21-24,34-35H,6-16,19-20,25-33H2,1-5H3. The van der Waals surface area contributed by atoms with Crippen molar-refractivity contribution in [1.29, 1.82) is 0 Å². The van der Waals surface area contributed by atoms with Crippen LogP contribution >= 0.6 is 11.8 Å². The van der Waals surface area contributed by atoms with E-state index in [0.29, 0.717) is 17.4 Å². The number of piperidine rings is 1. The first-order valence-electron chi connectivity index (χ1n) is 20.0. The minimum atomic E-state index is -3.50. The number of nitrogens with zero attached hydrogens (tertiary/aromatic N) is 3. The molecule has 0 saturated carbocycles. The predicted molar refractivity (Wildman–Crippen MR) is 214 cm³/mol. The Morgan fingerprint density at radius 3 is 2.08 bits per heavy atom. The van der Waals surface area contributed by atoms with E-state index in [2.05, 4.69) is 48.8 Å². The second-order valence-corrected chi connectivity index (χ2v) is 19.0. The van der Waals surface area contributed by atoms with Crippen LogP contribution in [0.3, 0.4) is 0 Å². The van der Waals surface area contributed by atoms with Gasteiger partial charge >= 0.3 is 5.97 Å². The Morgan fingerprint density at radius 1 is 0.824 bits per heavy atom. The highest BCUT2D eigenvalue weighted by molar-refractivity contribution is 7.99. The molecule has 1 fully saturated rings. The van der Waals surface area contributed by atoms with Crippen molar-refractivity contribution in [1.82, 2.24) is 9.21 Å². The van der Waals surface area contributed by atoms with Gasteiger partial charge in [-0.2, -0.15) is 0 Å². The second kappa shape index (κ2) is 21.0. The van der Waals surface area contributed by atoms with E-state index >= 15 is 0 Å². The van der Waals surface area contributed by atoms with Gasteiger partial charge in [0.15, 0.2) is 0 Å². The van der Waals surface area contributed by atoms with E-state index in [4.69, 9.17) is 4.74 Å². The molecule has 2 aliphatic heterocycles. The molecule has 0 atom stereocenters. The molecule has 0 spiro atoms. The highest BCUT2D eigenvalue weighted by Crippen LogP contribution is 2.48. The van der Waals surface area contributed by atoms with Crippen molar-refractivity contribution >= 4 is 39.1 Å². The predicted octanol–water partition coefficient (Wildman–Crippen LogP) is 10.7. The zero-order chi connectivity index (χ0) is 36.7. The summed E-state index contributed by atoms with van der Waals surface area (Å²) in [5.41, 5.74) is 1.85. The number of carbonyl (C=O) groups excluding carboxylic acids is 1. The second-order valence-electron chi connectivity index (χ2n) is 15.7. The number of sulfonamides is 1. The lowest BCUT2D eigenvalue weighted by atomic mass is 9.86. The van der Waals surface area contributed by atoms with E-state index < -0.39 is 15.4 Å². The van der Waals surface area contributed by atoms with Crippen LogP contribution in [-0.4, -0.2) is 70.5 Å². The molecule has 0 radical (unpaired) electrons. The Labute approximate surface area is 315 Å². The first kappa shape index (κ1) is 41.7. The largest absolute Gasteiger partial charge is 0.465 e. The summed E-state index contributed by atoms with van der Waals surface area (Å²) >= 11 is 1.64. The number of carbonyl (C=O) groups is 1. The third-order valence-electron chi connectivity index (χ3n) is 10.9. The summed E-state index contributed by atoms with van der Waals surface area (Å²) in [6, 6.07) is 13.9. The van der Waals surface area contributed by atoms with E-state index in [1.807, 2.05) is 18.2 Å². The van der Waals surface area contributed by atoms with Crippen molar-refractivity contribution in [2.24, 2.45) is 11.3 Å². The number of unbranched alkanes of at least 4 members (excludes halogenated alkanes) is 11. The number of fused-ring (bicyclic) bond motifs is 2. The number of hydrogen-bond donors (Lipinski definition) is 0. The molecule has 0 aliphatic carbocycles. The summed E-state index contributed by atoms with van der Waals surface area (Å²) in [6.45, 7) is 11.0. The molecule has 0 aromatic heterocycles. The summed E-state index contributed by atoms with van der Waals surface area (Å²) in [5, 5.41) is 0. The quantitative estimate of drug-likeness (QED) is 0.0829. The molecule has 0 amide bonds. The highest BCUT2D eigenvalue weighted by Gasteiger charge is 2.30. The van der Waals surface area contributed by atoms with Crippen molar-refractivity contribution in [3.05, 3.63) is 42.5 Å². The maximum absolute atomic E-state index is 12.9. The van der Waals surface area contributed by atoms with Crippen LogP contribution < -0.4 is 4.90 Å². The summed E-state index contributed by atoms with van der Waals surface area (Å²) < 4.78 is 32.7. The van der Waals surface area contributed by atoms with E-state index in [-0.39, 0.29) is 5.97 Å². The van der Waals surface area contributed by atoms with Crippen LogP contribution in [0.2, 0.25) is 0 Å². The molecule has 7 nitrogen and oxygen atoms in total. The monoisotopic (exact) mass is 741 g/mol. The molecule has 1 saturated heterocycles. The molecule has 2 aromatic carbocycles. The fraction of sp³-hybridized carbons (Fsp3) is 0.690. The van der Waals surface area contributed by atoms with Crippen molar-refractivity contribution < 1.29 is 17.9 Å². The van der Waals surface area contributed by atoms with Crippen molar-refractivity contribution in [3.8, 4) is 0 Å². The lowest BCUT2D eigenvalue weighted by Gasteiger charge is -2.35. The zero-order valence-corrected chi connectivity index (χ0v) is 34.1. The number of rotatable bonds is 23. The highest BCUT2D eigenvalue weighted by atomic mass is 32.2. The summed E-state index contributed by atoms with van der Waals surface area (Å²) in [6.07, 6.45) is 21.2. The van der Waals surface area contributed by atoms with Crippen LogP contribution in [0.15, 0.2) is 57.2 Å². The normalized spacial score (nSPS) is 15.6. The Bertz CT molecular complexity index is 1450. The van der Waals surface area contributed by atoms with Gasteiger partial charge in [-0.25, -0.2) is 12.7 Å². The van der Waals surface area contributed by atoms with E-state index in [9.17, 15) is 13.2 Å². The Balaban J connectivity index is 1.10. The van der Waals surface area contributed by atoms with Gasteiger partial charge in [0.05, 0.1) is 28.3 Å². The number of esters is 1. The zero-order valence-electron chi connectivity index (χ0n) is 32.5. The number of benzene rings is 2. The fourth-order valence-electron chi connectivity index (χ4n) is 7.40. The number of anilines is 2. The fourth-order valence-corrected chi connectivity index (χ4v) is 9.54. The van der Waals surface area contributed by atoms with E-state index in [1.165, 1.54) is 80.6 Å². The smallest absolute Gasteiger partial charge is 0.311 e. The maximum Gasteiger partial charge on any atom is 0.311 e. The Morgan fingerprint density at radius 2 is 1.43 bits per heavy atom. The molecule has 2 aromatic rings. The Hall–Kier alpha value is -2.07. The summed E-state index contributed by atoms with van der Waals surface area (Å²) in [4.78, 5) is 20.3. The van der Waals surface area contributed by atoms with Gasteiger partial charge in [0.2, 0.25) is 10.0 Å². The molecular weight excluding hydrogens is 675 g/mol. The maximum atomic E-state index is 12.9. The van der Waals surface area contributed by atoms with Gasteiger partial charge in [-0.05, 0) is 102 Å². The number of para-hydroxylation sites is 1. The molecule has 4 rings (SSSR count). The average molecular weight is 742 g/mol. The van der Waals surface area contributed by atoms with E-state index in [1.54, 1.807) is 31.9 Å². The van der Waals surface area contributed by atoms with Gasteiger partial charge in [0.1, 0.15) is 0 Å². The topological polar surface area (TPSA) is 70.2 Å². The molecule has 2 heterocycles. The minimum Gasteiger partial charge on any atom is -0.465 e. The summed E-state index contributed by atoms with van der Waals surface area (Å²) in [5.74, 6) is 0.580. The molecule has 0 N–H and O–H groups in total. The van der Waals surface area contributed by atoms with Crippen molar-refractivity contribution in [2.75, 3.05) is 51.8 Å². The van der Waals surface area contributed by atoms with Crippen LogP contribution in [0.4, 0.5) is 11.4 Å². The Kier molecular flexibility index (Phi) is 17.1. The molecule has 0 unspecified atom stereocenters. The third kappa shape index (κ3) is 12.8. The first-order chi connectivity index (χ1) is 24.5. The third-order valence-corrected chi connectivity index (χ3v) is 13.8. The van der Waals surface area contributed by atoms with Crippen molar-refractivity contribution in [2.45, 2.75) is 145 Å². The van der Waals surface area contributed by atoms with Crippen LogP contribution in [0.5, 0.6) is 0 Å².